The normalized spacial score (nSPS) is 11.2. The van der Waals surface area contributed by atoms with Gasteiger partial charge in [-0.3, -0.25) is 4.98 Å². The Bertz CT molecular complexity index is 875. The molecule has 0 radical (unpaired) electrons. The summed E-state index contributed by atoms with van der Waals surface area (Å²) in [7, 11) is 0. The van der Waals surface area contributed by atoms with Gasteiger partial charge in [0, 0.05) is 34.5 Å². The first-order chi connectivity index (χ1) is 12.4. The van der Waals surface area contributed by atoms with Crippen LogP contribution in [0.25, 0.3) is 11.3 Å². The van der Waals surface area contributed by atoms with Crippen LogP contribution in [-0.4, -0.2) is 26.7 Å². The zero-order chi connectivity index (χ0) is 18.6. The Morgan fingerprint density at radius 3 is 2.50 bits per heavy atom. The lowest BCUT2D eigenvalue weighted by atomic mass is 10.1. The minimum Gasteiger partial charge on any atom is -0.350 e. The second-order valence-electron chi connectivity index (χ2n) is 6.90. The van der Waals surface area contributed by atoms with E-state index < -0.39 is 0 Å². The van der Waals surface area contributed by atoms with E-state index in [1.165, 1.54) is 4.90 Å². The third kappa shape index (κ3) is 4.73. The summed E-state index contributed by atoms with van der Waals surface area (Å²) in [5, 5.41) is 6.79. The smallest absolute Gasteiger partial charge is 0.225 e. The van der Waals surface area contributed by atoms with Crippen LogP contribution in [0.3, 0.4) is 0 Å². The van der Waals surface area contributed by atoms with Crippen molar-refractivity contribution in [2.45, 2.75) is 31.2 Å². The summed E-state index contributed by atoms with van der Waals surface area (Å²) in [6.07, 6.45) is 5.63. The molecule has 2 aromatic heterocycles. The molecule has 134 valence electrons. The maximum Gasteiger partial charge on any atom is 0.225 e. The van der Waals surface area contributed by atoms with E-state index in [1.807, 2.05) is 36.5 Å². The van der Waals surface area contributed by atoms with Gasteiger partial charge in [0.25, 0.3) is 0 Å². The zero-order valence-corrected chi connectivity index (χ0v) is 16.3. The first kappa shape index (κ1) is 18.2. The van der Waals surface area contributed by atoms with Crippen LogP contribution >= 0.6 is 11.8 Å². The maximum atomic E-state index is 4.67. The van der Waals surface area contributed by atoms with Crippen molar-refractivity contribution in [2.24, 2.45) is 0 Å². The highest BCUT2D eigenvalue weighted by Crippen LogP contribution is 2.29. The number of anilines is 3. The summed E-state index contributed by atoms with van der Waals surface area (Å²) >= 11 is 1.70. The predicted octanol–water partition coefficient (Wildman–Crippen LogP) is 5.21. The summed E-state index contributed by atoms with van der Waals surface area (Å²) in [6, 6.07) is 14.0. The molecule has 2 heterocycles. The van der Waals surface area contributed by atoms with Crippen LogP contribution in [0.2, 0.25) is 0 Å². The molecule has 26 heavy (non-hydrogen) atoms. The third-order valence-electron chi connectivity index (χ3n) is 3.54. The minimum atomic E-state index is -0.137. The number of hydrogen-bond acceptors (Lipinski definition) is 6. The summed E-state index contributed by atoms with van der Waals surface area (Å²) < 4.78 is 0. The van der Waals surface area contributed by atoms with Crippen LogP contribution in [-0.2, 0) is 0 Å². The molecule has 5 nitrogen and oxygen atoms in total. The number of para-hydroxylation sites is 1. The largest absolute Gasteiger partial charge is 0.350 e. The first-order valence-electron chi connectivity index (χ1n) is 8.42. The molecule has 0 amide bonds. The van der Waals surface area contributed by atoms with E-state index in [0.29, 0.717) is 5.95 Å². The summed E-state index contributed by atoms with van der Waals surface area (Å²) in [5.41, 5.74) is 2.66. The van der Waals surface area contributed by atoms with Crippen molar-refractivity contribution in [1.29, 1.82) is 0 Å². The van der Waals surface area contributed by atoms with Gasteiger partial charge in [0.15, 0.2) is 0 Å². The predicted molar refractivity (Wildman–Crippen MR) is 110 cm³/mol. The lowest BCUT2D eigenvalue weighted by Crippen LogP contribution is -2.27. The lowest BCUT2D eigenvalue weighted by molar-refractivity contribution is 0.626. The van der Waals surface area contributed by atoms with E-state index in [-0.39, 0.29) is 5.54 Å². The molecular formula is C20H23N5S. The van der Waals surface area contributed by atoms with E-state index in [0.717, 1.165) is 22.8 Å². The highest BCUT2D eigenvalue weighted by molar-refractivity contribution is 7.98. The minimum absolute atomic E-state index is 0.137. The van der Waals surface area contributed by atoms with E-state index in [2.05, 4.69) is 64.7 Å². The van der Waals surface area contributed by atoms with Crippen LogP contribution in [0.15, 0.2) is 59.8 Å². The van der Waals surface area contributed by atoms with E-state index >= 15 is 0 Å². The molecule has 0 aliphatic rings. The van der Waals surface area contributed by atoms with Gasteiger partial charge >= 0.3 is 0 Å². The molecule has 0 saturated heterocycles. The standard InChI is InChI=1S/C20H23N5S/c1-20(2,3)25-19-23-16(14-8-7-11-21-13-14)12-18(24-19)22-15-9-5-6-10-17(15)26-4/h5-13H,1-4H3,(H2,22,23,24,25). The van der Waals surface area contributed by atoms with Crippen molar-refractivity contribution in [2.75, 3.05) is 16.9 Å². The average Bonchev–Trinajstić information content (AvgIpc) is 2.61. The Morgan fingerprint density at radius 2 is 1.81 bits per heavy atom. The summed E-state index contributed by atoms with van der Waals surface area (Å²) in [6.45, 7) is 6.26. The second kappa shape index (κ2) is 7.74. The van der Waals surface area contributed by atoms with E-state index in [4.69, 9.17) is 0 Å². The van der Waals surface area contributed by atoms with Gasteiger partial charge in [0.05, 0.1) is 11.4 Å². The third-order valence-corrected chi connectivity index (χ3v) is 4.34. The second-order valence-corrected chi connectivity index (χ2v) is 7.75. The first-order valence-corrected chi connectivity index (χ1v) is 9.65. The monoisotopic (exact) mass is 365 g/mol. The van der Waals surface area contributed by atoms with Crippen molar-refractivity contribution in [3.63, 3.8) is 0 Å². The van der Waals surface area contributed by atoms with Crippen LogP contribution in [0.4, 0.5) is 17.5 Å². The maximum absolute atomic E-state index is 4.67. The molecular weight excluding hydrogens is 342 g/mol. The van der Waals surface area contributed by atoms with Crippen molar-refractivity contribution in [3.8, 4) is 11.3 Å². The van der Waals surface area contributed by atoms with Crippen molar-refractivity contribution in [1.82, 2.24) is 15.0 Å². The molecule has 0 aliphatic carbocycles. The molecule has 0 unspecified atom stereocenters. The Labute approximate surface area is 158 Å². The van der Waals surface area contributed by atoms with Gasteiger partial charge in [-0.1, -0.05) is 12.1 Å². The zero-order valence-electron chi connectivity index (χ0n) is 15.4. The fraction of sp³-hybridized carbons (Fsp3) is 0.250. The number of hydrogen-bond donors (Lipinski definition) is 2. The fourth-order valence-corrected chi connectivity index (χ4v) is 3.00. The molecule has 0 atom stereocenters. The molecule has 1 aromatic carbocycles. The van der Waals surface area contributed by atoms with Gasteiger partial charge in [-0.05, 0) is 51.3 Å². The van der Waals surface area contributed by atoms with Gasteiger partial charge in [0.2, 0.25) is 5.95 Å². The lowest BCUT2D eigenvalue weighted by Gasteiger charge is -2.21. The molecule has 0 bridgehead atoms. The van der Waals surface area contributed by atoms with Crippen LogP contribution < -0.4 is 10.6 Å². The van der Waals surface area contributed by atoms with Crippen molar-refractivity contribution < 1.29 is 0 Å². The SMILES string of the molecule is CSc1ccccc1Nc1cc(-c2cccnc2)nc(NC(C)(C)C)n1. The van der Waals surface area contributed by atoms with Crippen molar-refractivity contribution in [3.05, 3.63) is 54.9 Å². The highest BCUT2D eigenvalue weighted by Gasteiger charge is 2.14. The van der Waals surface area contributed by atoms with Gasteiger partial charge in [-0.15, -0.1) is 11.8 Å². The van der Waals surface area contributed by atoms with Crippen LogP contribution in [0.1, 0.15) is 20.8 Å². The number of rotatable bonds is 5. The molecule has 0 aliphatic heterocycles. The molecule has 3 rings (SSSR count). The Kier molecular flexibility index (Phi) is 5.42. The van der Waals surface area contributed by atoms with Crippen LogP contribution in [0.5, 0.6) is 0 Å². The molecule has 0 saturated carbocycles. The molecule has 6 heteroatoms. The number of benzene rings is 1. The number of pyridine rings is 1. The Hall–Kier alpha value is -2.60. The average molecular weight is 366 g/mol. The Balaban J connectivity index is 2.02. The molecule has 2 N–H and O–H groups in total. The van der Waals surface area contributed by atoms with Gasteiger partial charge in [-0.2, -0.15) is 4.98 Å². The quantitative estimate of drug-likeness (QED) is 0.605. The summed E-state index contributed by atoms with van der Waals surface area (Å²) in [4.78, 5) is 14.7. The Morgan fingerprint density at radius 1 is 1.00 bits per heavy atom. The molecule has 3 aromatic rings. The van der Waals surface area contributed by atoms with Gasteiger partial charge in [0.1, 0.15) is 5.82 Å². The number of nitrogens with zero attached hydrogens (tertiary/aromatic N) is 3. The van der Waals surface area contributed by atoms with E-state index in [1.54, 1.807) is 18.0 Å². The number of thioether (sulfide) groups is 1. The van der Waals surface area contributed by atoms with Crippen LogP contribution in [0, 0.1) is 0 Å². The summed E-state index contributed by atoms with van der Waals surface area (Å²) in [5.74, 6) is 1.33. The van der Waals surface area contributed by atoms with E-state index in [9.17, 15) is 0 Å². The van der Waals surface area contributed by atoms with Crippen molar-refractivity contribution >= 4 is 29.2 Å². The topological polar surface area (TPSA) is 62.7 Å². The van der Waals surface area contributed by atoms with Gasteiger partial charge in [-0.25, -0.2) is 4.98 Å². The van der Waals surface area contributed by atoms with Gasteiger partial charge < -0.3 is 10.6 Å². The number of aromatic nitrogens is 3. The highest BCUT2D eigenvalue weighted by atomic mass is 32.2. The fourth-order valence-electron chi connectivity index (χ4n) is 2.45. The molecule has 0 fully saturated rings. The number of nitrogens with one attached hydrogen (secondary N) is 2. The molecule has 0 spiro atoms.